The molecule has 0 unspecified atom stereocenters. The molecule has 286 valence electrons. The first-order valence-electron chi connectivity index (χ1n) is 20.8. The summed E-state index contributed by atoms with van der Waals surface area (Å²) in [4.78, 5) is 2.41. The molecule has 10 aromatic carbocycles. The van der Waals surface area contributed by atoms with Gasteiger partial charge in [-0.1, -0.05) is 176 Å². The summed E-state index contributed by atoms with van der Waals surface area (Å²) in [6.45, 7) is 0. The first kappa shape index (κ1) is 34.9. The van der Waals surface area contributed by atoms with Crippen LogP contribution >= 0.6 is 0 Å². The number of aromatic nitrogens is 1. The van der Waals surface area contributed by atoms with E-state index in [0.717, 1.165) is 55.7 Å². The molecule has 2 aromatic heterocycles. The number of para-hydroxylation sites is 5. The average molecular weight is 779 g/mol. The van der Waals surface area contributed by atoms with E-state index < -0.39 is 0 Å². The molecule has 0 saturated heterocycles. The van der Waals surface area contributed by atoms with E-state index in [-0.39, 0.29) is 0 Å². The number of hydrogen-bond acceptors (Lipinski definition) is 2. The summed E-state index contributed by atoms with van der Waals surface area (Å²) in [6, 6.07) is 82.9. The second-order valence-corrected chi connectivity index (χ2v) is 15.6. The zero-order chi connectivity index (χ0) is 40.3. The highest BCUT2D eigenvalue weighted by Gasteiger charge is 2.22. The molecule has 3 nitrogen and oxygen atoms in total. The first-order chi connectivity index (χ1) is 30.3. The smallest absolute Gasteiger partial charge is 0.136 e. The third kappa shape index (κ3) is 5.74. The van der Waals surface area contributed by atoms with Gasteiger partial charge in [-0.15, -0.1) is 0 Å². The Morgan fingerprint density at radius 1 is 0.328 bits per heavy atom. The van der Waals surface area contributed by atoms with Crippen LogP contribution in [-0.2, 0) is 0 Å². The minimum atomic E-state index is 0.885. The standard InChI is InChI=1S/C58H38N2O/c1-2-17-44-41(15-1)16-13-28-51(44)59(53-25-9-6-21-48(53)49-23-14-30-57-58(49)50-22-7-12-29-56(50)61-57)43-37-35-40(36-38-43)39-31-33-42(34-32-39)45-18-3-8-24-52(45)60-54-26-10-4-19-46(54)47-20-5-11-27-55(47)60/h1-38H. The molecule has 0 saturated carbocycles. The van der Waals surface area contributed by atoms with Crippen LogP contribution in [0.1, 0.15) is 0 Å². The largest absolute Gasteiger partial charge is 0.456 e. The number of furan rings is 1. The zero-order valence-electron chi connectivity index (χ0n) is 33.2. The van der Waals surface area contributed by atoms with Crippen molar-refractivity contribution in [3.8, 4) is 39.1 Å². The molecule has 0 atom stereocenters. The molecule has 0 aliphatic rings. The summed E-state index contributed by atoms with van der Waals surface area (Å²) in [7, 11) is 0. The van der Waals surface area contributed by atoms with Gasteiger partial charge in [0, 0.05) is 43.7 Å². The van der Waals surface area contributed by atoms with E-state index in [1.54, 1.807) is 0 Å². The van der Waals surface area contributed by atoms with Crippen LogP contribution in [0.25, 0.3) is 93.6 Å². The molecular formula is C58H38N2O. The number of benzene rings is 10. The lowest BCUT2D eigenvalue weighted by atomic mass is 9.96. The fourth-order valence-electron chi connectivity index (χ4n) is 9.45. The van der Waals surface area contributed by atoms with E-state index in [2.05, 4.69) is 234 Å². The average Bonchev–Trinajstić information content (AvgIpc) is 3.88. The Morgan fingerprint density at radius 3 is 1.61 bits per heavy atom. The quantitative estimate of drug-likeness (QED) is 0.161. The van der Waals surface area contributed by atoms with Gasteiger partial charge in [-0.25, -0.2) is 0 Å². The van der Waals surface area contributed by atoms with Crippen molar-refractivity contribution >= 4 is 71.6 Å². The Bertz CT molecular complexity index is 3530. The van der Waals surface area contributed by atoms with E-state index in [1.807, 2.05) is 6.07 Å². The van der Waals surface area contributed by atoms with Gasteiger partial charge in [0.25, 0.3) is 0 Å². The van der Waals surface area contributed by atoms with Crippen molar-refractivity contribution in [1.82, 2.24) is 4.57 Å². The Hall–Kier alpha value is -8.14. The van der Waals surface area contributed by atoms with Crippen molar-refractivity contribution in [2.45, 2.75) is 0 Å². The molecule has 0 aliphatic heterocycles. The predicted octanol–water partition coefficient (Wildman–Crippen LogP) is 16.3. The highest BCUT2D eigenvalue weighted by Crippen LogP contribution is 2.46. The van der Waals surface area contributed by atoms with Gasteiger partial charge in [0.1, 0.15) is 11.2 Å². The van der Waals surface area contributed by atoms with Crippen molar-refractivity contribution in [1.29, 1.82) is 0 Å². The maximum atomic E-state index is 6.37. The number of anilines is 3. The second kappa shape index (κ2) is 14.3. The van der Waals surface area contributed by atoms with Crippen molar-refractivity contribution in [2.24, 2.45) is 0 Å². The maximum absolute atomic E-state index is 6.37. The van der Waals surface area contributed by atoms with Crippen LogP contribution in [-0.4, -0.2) is 4.57 Å². The van der Waals surface area contributed by atoms with Gasteiger partial charge in [-0.05, 0) is 82.2 Å². The van der Waals surface area contributed by atoms with Crippen LogP contribution in [0.3, 0.4) is 0 Å². The lowest BCUT2D eigenvalue weighted by molar-refractivity contribution is 0.669. The van der Waals surface area contributed by atoms with E-state index in [1.165, 1.54) is 55.0 Å². The molecular weight excluding hydrogens is 741 g/mol. The molecule has 0 aliphatic carbocycles. The fraction of sp³-hybridized carbons (Fsp3) is 0. The molecule has 12 rings (SSSR count). The normalized spacial score (nSPS) is 11.6. The van der Waals surface area contributed by atoms with E-state index in [9.17, 15) is 0 Å². The van der Waals surface area contributed by atoms with Crippen molar-refractivity contribution in [2.75, 3.05) is 4.90 Å². The third-order valence-electron chi connectivity index (χ3n) is 12.2. The molecule has 2 heterocycles. The number of fused-ring (bicyclic) bond motifs is 7. The SMILES string of the molecule is c1ccc(N(c2ccc(-c3ccc(-c4ccccc4-n4c5ccccc5c5ccccc54)cc3)cc2)c2cccc3ccccc23)c(-c2cccc3oc4ccccc4c23)c1. The summed E-state index contributed by atoms with van der Waals surface area (Å²) < 4.78 is 8.78. The van der Waals surface area contributed by atoms with Crippen LogP contribution in [0.2, 0.25) is 0 Å². The highest BCUT2D eigenvalue weighted by molar-refractivity contribution is 6.14. The monoisotopic (exact) mass is 778 g/mol. The summed E-state index contributed by atoms with van der Waals surface area (Å²) in [6.07, 6.45) is 0. The van der Waals surface area contributed by atoms with Gasteiger partial charge in [0.05, 0.1) is 28.1 Å². The molecule has 0 radical (unpaired) electrons. The predicted molar refractivity (Wildman–Crippen MR) is 257 cm³/mol. The van der Waals surface area contributed by atoms with Crippen molar-refractivity contribution < 1.29 is 4.42 Å². The zero-order valence-corrected chi connectivity index (χ0v) is 33.2. The molecule has 0 spiro atoms. The maximum Gasteiger partial charge on any atom is 0.136 e. The molecule has 0 bridgehead atoms. The molecule has 0 fully saturated rings. The van der Waals surface area contributed by atoms with Crippen LogP contribution in [0.15, 0.2) is 235 Å². The number of hydrogen-bond donors (Lipinski definition) is 0. The minimum Gasteiger partial charge on any atom is -0.456 e. The first-order valence-corrected chi connectivity index (χ1v) is 20.8. The van der Waals surface area contributed by atoms with Gasteiger partial charge in [-0.2, -0.15) is 0 Å². The van der Waals surface area contributed by atoms with Gasteiger partial charge in [0.15, 0.2) is 0 Å². The molecule has 0 N–H and O–H groups in total. The van der Waals surface area contributed by atoms with Gasteiger partial charge in [-0.3, -0.25) is 0 Å². The highest BCUT2D eigenvalue weighted by atomic mass is 16.3. The Morgan fingerprint density at radius 2 is 0.836 bits per heavy atom. The lowest BCUT2D eigenvalue weighted by Crippen LogP contribution is -2.11. The number of nitrogens with zero attached hydrogens (tertiary/aromatic N) is 2. The Balaban J connectivity index is 0.954. The van der Waals surface area contributed by atoms with Crippen molar-refractivity contribution in [3.63, 3.8) is 0 Å². The summed E-state index contributed by atoms with van der Waals surface area (Å²) in [5, 5.41) is 7.15. The van der Waals surface area contributed by atoms with E-state index in [4.69, 9.17) is 4.42 Å². The van der Waals surface area contributed by atoms with E-state index in [0.29, 0.717) is 0 Å². The fourth-order valence-corrected chi connectivity index (χ4v) is 9.45. The van der Waals surface area contributed by atoms with Crippen LogP contribution in [0, 0.1) is 0 Å². The van der Waals surface area contributed by atoms with E-state index >= 15 is 0 Å². The summed E-state index contributed by atoms with van der Waals surface area (Å²) >= 11 is 0. The minimum absolute atomic E-state index is 0.885. The van der Waals surface area contributed by atoms with Crippen LogP contribution < -0.4 is 4.90 Å². The molecule has 12 aromatic rings. The van der Waals surface area contributed by atoms with Gasteiger partial charge in [0.2, 0.25) is 0 Å². The Kier molecular flexibility index (Phi) is 8.17. The topological polar surface area (TPSA) is 21.3 Å². The second-order valence-electron chi connectivity index (χ2n) is 15.6. The molecule has 61 heavy (non-hydrogen) atoms. The van der Waals surface area contributed by atoms with Crippen molar-refractivity contribution in [3.05, 3.63) is 231 Å². The van der Waals surface area contributed by atoms with Crippen LogP contribution in [0.5, 0.6) is 0 Å². The number of rotatable bonds is 7. The summed E-state index contributed by atoms with van der Waals surface area (Å²) in [5.41, 5.74) is 15.6. The summed E-state index contributed by atoms with van der Waals surface area (Å²) in [5.74, 6) is 0. The van der Waals surface area contributed by atoms with Gasteiger partial charge >= 0.3 is 0 Å². The van der Waals surface area contributed by atoms with Crippen LogP contribution in [0.4, 0.5) is 17.1 Å². The Labute approximate surface area is 353 Å². The molecule has 0 amide bonds. The van der Waals surface area contributed by atoms with Gasteiger partial charge < -0.3 is 13.9 Å². The molecule has 3 heteroatoms. The lowest BCUT2D eigenvalue weighted by Gasteiger charge is -2.29. The third-order valence-corrected chi connectivity index (χ3v) is 12.2.